The van der Waals surface area contributed by atoms with Crippen LogP contribution in [0.4, 0.5) is 0 Å². The highest BCUT2D eigenvalue weighted by atomic mass is 32.2. The van der Waals surface area contributed by atoms with E-state index in [1.54, 1.807) is 34.6 Å². The molecule has 2 aromatic carbocycles. The molecule has 1 unspecified atom stereocenters. The highest BCUT2D eigenvalue weighted by molar-refractivity contribution is 7.89. The van der Waals surface area contributed by atoms with E-state index in [2.05, 4.69) is 9.80 Å². The molecule has 0 aliphatic carbocycles. The fourth-order valence-electron chi connectivity index (χ4n) is 5.74. The summed E-state index contributed by atoms with van der Waals surface area (Å²) in [5.74, 6) is -0.328. The summed E-state index contributed by atoms with van der Waals surface area (Å²) in [6.07, 6.45) is 2.36. The van der Waals surface area contributed by atoms with Gasteiger partial charge in [0, 0.05) is 50.7 Å². The van der Waals surface area contributed by atoms with Crippen molar-refractivity contribution in [3.8, 4) is 11.5 Å². The summed E-state index contributed by atoms with van der Waals surface area (Å²) >= 11 is 0. The molecule has 3 aliphatic heterocycles. The molecule has 190 valence electrons. The number of nitrogens with zero attached hydrogens (tertiary/aromatic N) is 3. The molecule has 1 atom stereocenters. The van der Waals surface area contributed by atoms with Gasteiger partial charge in [-0.15, -0.1) is 0 Å². The van der Waals surface area contributed by atoms with E-state index < -0.39 is 15.4 Å². The minimum absolute atomic E-state index is 0.162. The molecule has 0 aromatic heterocycles. The number of likely N-dealkylation sites (tertiary alicyclic amines) is 1. The highest BCUT2D eigenvalue weighted by Crippen LogP contribution is 2.42. The van der Waals surface area contributed by atoms with Crippen molar-refractivity contribution in [2.45, 2.75) is 35.6 Å². The molecule has 2 N–H and O–H groups in total. The van der Waals surface area contributed by atoms with Crippen LogP contribution in [-0.2, 0) is 20.2 Å². The first-order valence-electron chi connectivity index (χ1n) is 12.5. The Hall–Kier alpha value is -2.17. The van der Waals surface area contributed by atoms with Gasteiger partial charge in [-0.3, -0.25) is 4.90 Å². The Morgan fingerprint density at radius 3 is 2.43 bits per heavy atom. The van der Waals surface area contributed by atoms with Crippen LogP contribution in [0.5, 0.6) is 11.5 Å². The van der Waals surface area contributed by atoms with Gasteiger partial charge < -0.3 is 19.8 Å². The lowest BCUT2D eigenvalue weighted by atomic mass is 9.72. The third kappa shape index (κ3) is 5.06. The SMILES string of the molecule is O=S(=O)(c1ccccc1)N1CCCC(CCN2CC(N3CCOCC3)C2)(c2ccc(O)c(O)c2)C1. The molecule has 8 nitrogen and oxygen atoms in total. The van der Waals surface area contributed by atoms with E-state index in [9.17, 15) is 18.6 Å². The van der Waals surface area contributed by atoms with Crippen molar-refractivity contribution < 1.29 is 23.4 Å². The first-order chi connectivity index (χ1) is 16.9. The Morgan fingerprint density at radius 2 is 1.71 bits per heavy atom. The Balaban J connectivity index is 1.34. The molecule has 3 saturated heterocycles. The van der Waals surface area contributed by atoms with Crippen molar-refractivity contribution in [1.82, 2.24) is 14.1 Å². The van der Waals surface area contributed by atoms with Gasteiger partial charge in [0.15, 0.2) is 11.5 Å². The molecule has 3 aliphatic rings. The summed E-state index contributed by atoms with van der Waals surface area (Å²) in [6.45, 7) is 7.31. The van der Waals surface area contributed by atoms with Crippen LogP contribution in [0, 0.1) is 0 Å². The maximum atomic E-state index is 13.5. The van der Waals surface area contributed by atoms with Gasteiger partial charge in [0.25, 0.3) is 0 Å². The average Bonchev–Trinajstić information content (AvgIpc) is 2.86. The van der Waals surface area contributed by atoms with Crippen LogP contribution < -0.4 is 0 Å². The number of piperidine rings is 1. The van der Waals surface area contributed by atoms with E-state index in [0.717, 1.165) is 70.8 Å². The van der Waals surface area contributed by atoms with Crippen LogP contribution in [-0.4, -0.2) is 97.8 Å². The molecule has 9 heteroatoms. The second-order valence-electron chi connectivity index (χ2n) is 10.1. The smallest absolute Gasteiger partial charge is 0.243 e. The standard InChI is InChI=1S/C26H35N3O5S/c30-24-8-7-21(17-25(24)31)26(10-12-27-18-22(19-27)28-13-15-34-16-14-28)9-4-11-29(20-26)35(32,33)23-5-2-1-3-6-23/h1-3,5-8,17,22,30-31H,4,9-16,18-20H2. The number of rotatable bonds is 7. The van der Waals surface area contributed by atoms with Crippen molar-refractivity contribution >= 4 is 10.0 Å². The van der Waals surface area contributed by atoms with Crippen LogP contribution in [0.2, 0.25) is 0 Å². The molecule has 0 bridgehead atoms. The number of morpholine rings is 1. The largest absolute Gasteiger partial charge is 0.504 e. The molecule has 0 saturated carbocycles. The van der Waals surface area contributed by atoms with Gasteiger partial charge in [0.05, 0.1) is 18.1 Å². The lowest BCUT2D eigenvalue weighted by Crippen LogP contribution is -2.62. The van der Waals surface area contributed by atoms with E-state index in [1.165, 1.54) is 6.07 Å². The number of aromatic hydroxyl groups is 2. The second kappa shape index (κ2) is 10.1. The van der Waals surface area contributed by atoms with Gasteiger partial charge in [-0.25, -0.2) is 8.42 Å². The van der Waals surface area contributed by atoms with Gasteiger partial charge >= 0.3 is 0 Å². The number of ether oxygens (including phenoxy) is 1. The third-order valence-corrected chi connectivity index (χ3v) is 9.78. The second-order valence-corrected chi connectivity index (χ2v) is 12.0. The van der Waals surface area contributed by atoms with E-state index in [1.807, 2.05) is 12.1 Å². The van der Waals surface area contributed by atoms with Gasteiger partial charge in [0.2, 0.25) is 10.0 Å². The monoisotopic (exact) mass is 501 g/mol. The van der Waals surface area contributed by atoms with Crippen molar-refractivity contribution in [1.29, 1.82) is 0 Å². The summed E-state index contributed by atoms with van der Waals surface area (Å²) < 4.78 is 34.0. The first-order valence-corrected chi connectivity index (χ1v) is 13.9. The predicted molar refractivity (Wildman–Crippen MR) is 133 cm³/mol. The van der Waals surface area contributed by atoms with Gasteiger partial charge in [-0.1, -0.05) is 24.3 Å². The lowest BCUT2D eigenvalue weighted by Gasteiger charge is -2.49. The molecular formula is C26H35N3O5S. The van der Waals surface area contributed by atoms with E-state index in [-0.39, 0.29) is 11.5 Å². The van der Waals surface area contributed by atoms with Crippen molar-refractivity contribution in [3.63, 3.8) is 0 Å². The molecular weight excluding hydrogens is 466 g/mol. The van der Waals surface area contributed by atoms with Gasteiger partial charge in [-0.2, -0.15) is 4.31 Å². The van der Waals surface area contributed by atoms with E-state index >= 15 is 0 Å². The van der Waals surface area contributed by atoms with Gasteiger partial charge in [-0.05, 0) is 55.6 Å². The molecule has 0 spiro atoms. The number of phenols is 2. The van der Waals surface area contributed by atoms with Gasteiger partial charge in [0.1, 0.15) is 0 Å². The highest BCUT2D eigenvalue weighted by Gasteiger charge is 2.43. The van der Waals surface area contributed by atoms with Crippen molar-refractivity contribution in [3.05, 3.63) is 54.1 Å². The number of phenolic OH excluding ortho intramolecular Hbond substituents is 2. The minimum Gasteiger partial charge on any atom is -0.504 e. The van der Waals surface area contributed by atoms with Crippen LogP contribution in [0.3, 0.4) is 0 Å². The number of sulfonamides is 1. The van der Waals surface area contributed by atoms with Crippen LogP contribution >= 0.6 is 0 Å². The fraction of sp³-hybridized carbons (Fsp3) is 0.538. The Kier molecular flexibility index (Phi) is 7.05. The van der Waals surface area contributed by atoms with Crippen LogP contribution in [0.1, 0.15) is 24.8 Å². The number of benzene rings is 2. The number of hydrogen-bond donors (Lipinski definition) is 2. The minimum atomic E-state index is -3.62. The average molecular weight is 502 g/mol. The van der Waals surface area contributed by atoms with Crippen LogP contribution in [0.25, 0.3) is 0 Å². The molecule has 0 radical (unpaired) electrons. The van der Waals surface area contributed by atoms with Crippen molar-refractivity contribution in [2.75, 3.05) is 59.0 Å². The molecule has 0 amide bonds. The summed E-state index contributed by atoms with van der Waals surface area (Å²) in [5, 5.41) is 20.2. The zero-order valence-electron chi connectivity index (χ0n) is 20.1. The third-order valence-electron chi connectivity index (χ3n) is 7.92. The maximum Gasteiger partial charge on any atom is 0.243 e. The molecule has 5 rings (SSSR count). The summed E-state index contributed by atoms with van der Waals surface area (Å²) in [4.78, 5) is 5.25. The zero-order chi connectivity index (χ0) is 24.5. The van der Waals surface area contributed by atoms with E-state index in [0.29, 0.717) is 24.0 Å². The Morgan fingerprint density at radius 1 is 0.971 bits per heavy atom. The quantitative estimate of drug-likeness (QED) is 0.562. The molecule has 3 fully saturated rings. The molecule has 3 heterocycles. The summed E-state index contributed by atoms with van der Waals surface area (Å²) in [5.41, 5.74) is 0.445. The molecule has 35 heavy (non-hydrogen) atoms. The maximum absolute atomic E-state index is 13.5. The van der Waals surface area contributed by atoms with E-state index in [4.69, 9.17) is 4.74 Å². The topological polar surface area (TPSA) is 93.6 Å². The normalized spacial score (nSPS) is 25.4. The summed E-state index contributed by atoms with van der Waals surface area (Å²) in [7, 11) is -3.62. The summed E-state index contributed by atoms with van der Waals surface area (Å²) in [6, 6.07) is 14.1. The molecule has 2 aromatic rings. The predicted octanol–water partition coefficient (Wildman–Crippen LogP) is 2.23. The van der Waals surface area contributed by atoms with Crippen molar-refractivity contribution in [2.24, 2.45) is 0 Å². The lowest BCUT2D eigenvalue weighted by molar-refractivity contribution is -0.0342. The van der Waals surface area contributed by atoms with Crippen LogP contribution in [0.15, 0.2) is 53.4 Å². The first kappa shape index (κ1) is 24.5. The Labute approximate surface area is 207 Å². The number of hydrogen-bond acceptors (Lipinski definition) is 7. The Bertz CT molecular complexity index is 1120. The fourth-order valence-corrected chi connectivity index (χ4v) is 7.33. The zero-order valence-corrected chi connectivity index (χ0v) is 20.9.